The highest BCUT2D eigenvalue weighted by Crippen LogP contribution is 2.36. The highest BCUT2D eigenvalue weighted by Gasteiger charge is 2.34. The quantitative estimate of drug-likeness (QED) is 0.323. The number of nitro benzene ring substituents is 1. The first-order valence-electron chi connectivity index (χ1n) is 9.48. The number of amides is 2. The number of nitrogens with zero attached hydrogens (tertiary/aromatic N) is 1. The van der Waals surface area contributed by atoms with E-state index in [9.17, 15) is 32.9 Å². The topological polar surface area (TPSA) is 127 Å². The number of carbonyl (C=O) groups is 2. The molecule has 0 aliphatic heterocycles. The Labute approximate surface area is 184 Å². The molecule has 1 aromatic heterocycles. The van der Waals surface area contributed by atoms with Gasteiger partial charge < -0.3 is 20.4 Å². The maximum Gasteiger partial charge on any atom is 0.418 e. The minimum absolute atomic E-state index is 0.0463. The van der Waals surface area contributed by atoms with Gasteiger partial charge in [-0.05, 0) is 36.4 Å². The summed E-state index contributed by atoms with van der Waals surface area (Å²) in [4.78, 5) is 34.6. The molecule has 0 spiro atoms. The Morgan fingerprint density at radius 3 is 2.42 bits per heavy atom. The molecule has 3 N–H and O–H groups in total. The minimum atomic E-state index is -4.81. The van der Waals surface area contributed by atoms with Gasteiger partial charge in [-0.15, -0.1) is 0 Å². The average molecular weight is 462 g/mol. The number of para-hydroxylation sites is 2. The standard InChI is InChI=1S/C21H17F3N4O5/c22-21(23,24)14-12-13(26-20(30)18-6-3-11-33-18)7-8-15(14)27-19(29)9-10-25-16-4-1-2-5-17(16)28(31)32/h1-8,11-12,25H,9-10H2,(H,26,30)(H,27,29). The number of benzene rings is 2. The smallest absolute Gasteiger partial charge is 0.418 e. The van der Waals surface area contributed by atoms with Crippen LogP contribution in [0.1, 0.15) is 22.5 Å². The maximum absolute atomic E-state index is 13.5. The number of nitro groups is 1. The van der Waals surface area contributed by atoms with Crippen LogP contribution in [0, 0.1) is 10.1 Å². The molecule has 0 fully saturated rings. The van der Waals surface area contributed by atoms with Crippen LogP contribution in [0.4, 0.5) is 35.9 Å². The lowest BCUT2D eigenvalue weighted by atomic mass is 10.1. The molecule has 1 heterocycles. The third kappa shape index (κ3) is 6.09. The van der Waals surface area contributed by atoms with Crippen LogP contribution in [0.2, 0.25) is 0 Å². The van der Waals surface area contributed by atoms with Crippen molar-refractivity contribution < 1.29 is 32.1 Å². The second kappa shape index (κ2) is 9.85. The zero-order valence-electron chi connectivity index (χ0n) is 16.8. The molecule has 0 saturated carbocycles. The van der Waals surface area contributed by atoms with E-state index in [2.05, 4.69) is 16.0 Å². The van der Waals surface area contributed by atoms with Crippen molar-refractivity contribution >= 4 is 34.6 Å². The van der Waals surface area contributed by atoms with Crippen molar-refractivity contribution in [2.75, 3.05) is 22.5 Å². The fraction of sp³-hybridized carbons (Fsp3) is 0.143. The molecule has 0 bridgehead atoms. The SMILES string of the molecule is O=C(CCNc1ccccc1[N+](=O)[O-])Nc1ccc(NC(=O)c2ccco2)cc1C(F)(F)F. The summed E-state index contributed by atoms with van der Waals surface area (Å²) < 4.78 is 45.5. The van der Waals surface area contributed by atoms with Crippen LogP contribution in [0.5, 0.6) is 0 Å². The Kier molecular flexibility index (Phi) is 6.96. The van der Waals surface area contributed by atoms with Gasteiger partial charge in [-0.3, -0.25) is 19.7 Å². The Bertz CT molecular complexity index is 1160. The largest absolute Gasteiger partial charge is 0.459 e. The first-order valence-corrected chi connectivity index (χ1v) is 9.48. The van der Waals surface area contributed by atoms with Gasteiger partial charge in [0.15, 0.2) is 5.76 Å². The van der Waals surface area contributed by atoms with Crippen molar-refractivity contribution in [2.45, 2.75) is 12.6 Å². The summed E-state index contributed by atoms with van der Waals surface area (Å²) in [5.74, 6) is -1.54. The summed E-state index contributed by atoms with van der Waals surface area (Å²) in [5.41, 5.74) is -1.79. The molecule has 0 radical (unpaired) electrons. The van der Waals surface area contributed by atoms with Crippen LogP contribution >= 0.6 is 0 Å². The molecule has 0 aliphatic rings. The Morgan fingerprint density at radius 1 is 1.00 bits per heavy atom. The fourth-order valence-electron chi connectivity index (χ4n) is 2.87. The van der Waals surface area contributed by atoms with Gasteiger partial charge in [0.1, 0.15) is 5.69 Å². The Morgan fingerprint density at radius 2 is 1.76 bits per heavy atom. The lowest BCUT2D eigenvalue weighted by Gasteiger charge is -2.16. The molecule has 2 aromatic carbocycles. The number of nitrogens with one attached hydrogen (secondary N) is 3. The van der Waals surface area contributed by atoms with Gasteiger partial charge in [-0.25, -0.2) is 0 Å². The van der Waals surface area contributed by atoms with E-state index in [1.807, 2.05) is 0 Å². The van der Waals surface area contributed by atoms with Crippen LogP contribution in [-0.2, 0) is 11.0 Å². The summed E-state index contributed by atoms with van der Waals surface area (Å²) in [7, 11) is 0. The molecule has 0 unspecified atom stereocenters. The number of alkyl halides is 3. The predicted octanol–water partition coefficient (Wildman–Crippen LogP) is 4.90. The van der Waals surface area contributed by atoms with Gasteiger partial charge >= 0.3 is 6.18 Å². The van der Waals surface area contributed by atoms with Crippen molar-refractivity contribution in [2.24, 2.45) is 0 Å². The maximum atomic E-state index is 13.5. The number of furan rings is 1. The third-order valence-electron chi connectivity index (χ3n) is 4.37. The predicted molar refractivity (Wildman–Crippen MR) is 113 cm³/mol. The molecular weight excluding hydrogens is 445 g/mol. The second-order valence-electron chi connectivity index (χ2n) is 6.69. The van der Waals surface area contributed by atoms with Gasteiger partial charge in [0, 0.05) is 24.7 Å². The molecule has 3 rings (SSSR count). The molecule has 0 saturated heterocycles. The lowest BCUT2D eigenvalue weighted by Crippen LogP contribution is -2.20. The van der Waals surface area contributed by atoms with Crippen LogP contribution in [0.25, 0.3) is 0 Å². The van der Waals surface area contributed by atoms with Crippen molar-refractivity contribution in [3.8, 4) is 0 Å². The minimum Gasteiger partial charge on any atom is -0.459 e. The second-order valence-corrected chi connectivity index (χ2v) is 6.69. The van der Waals surface area contributed by atoms with E-state index in [0.29, 0.717) is 6.07 Å². The number of hydrogen-bond acceptors (Lipinski definition) is 6. The highest BCUT2D eigenvalue weighted by molar-refractivity contribution is 6.02. The number of anilines is 3. The van der Waals surface area contributed by atoms with Crippen molar-refractivity contribution in [3.63, 3.8) is 0 Å². The molecule has 0 atom stereocenters. The zero-order chi connectivity index (χ0) is 24.0. The van der Waals surface area contributed by atoms with Gasteiger partial charge in [0.05, 0.1) is 22.4 Å². The zero-order valence-corrected chi connectivity index (χ0v) is 16.8. The normalized spacial score (nSPS) is 11.0. The first-order chi connectivity index (χ1) is 15.6. The number of hydrogen-bond donors (Lipinski definition) is 3. The van der Waals surface area contributed by atoms with Crippen LogP contribution in [-0.4, -0.2) is 23.3 Å². The third-order valence-corrected chi connectivity index (χ3v) is 4.37. The lowest BCUT2D eigenvalue weighted by molar-refractivity contribution is -0.384. The number of halogens is 3. The van der Waals surface area contributed by atoms with Crippen LogP contribution in [0.15, 0.2) is 65.3 Å². The van der Waals surface area contributed by atoms with E-state index in [1.165, 1.54) is 42.7 Å². The van der Waals surface area contributed by atoms with E-state index in [-0.39, 0.29) is 35.8 Å². The summed E-state index contributed by atoms with van der Waals surface area (Å²) >= 11 is 0. The van der Waals surface area contributed by atoms with Gasteiger partial charge in [-0.2, -0.15) is 13.2 Å². The van der Waals surface area contributed by atoms with Crippen molar-refractivity contribution in [1.29, 1.82) is 0 Å². The fourth-order valence-corrected chi connectivity index (χ4v) is 2.87. The molecule has 172 valence electrons. The molecular formula is C21H17F3N4O5. The summed E-state index contributed by atoms with van der Waals surface area (Å²) in [6.45, 7) is -0.0463. The first kappa shape index (κ1) is 23.3. The average Bonchev–Trinajstić information content (AvgIpc) is 3.29. The molecule has 3 aromatic rings. The van der Waals surface area contributed by atoms with Gasteiger partial charge in [0.25, 0.3) is 11.6 Å². The molecule has 0 aliphatic carbocycles. The Balaban J connectivity index is 1.66. The van der Waals surface area contributed by atoms with E-state index < -0.39 is 34.2 Å². The van der Waals surface area contributed by atoms with Crippen LogP contribution in [0.3, 0.4) is 0 Å². The number of rotatable bonds is 8. The molecule has 2 amide bonds. The Hall–Kier alpha value is -4.35. The van der Waals surface area contributed by atoms with Crippen molar-refractivity contribution in [1.82, 2.24) is 0 Å². The van der Waals surface area contributed by atoms with E-state index in [1.54, 1.807) is 6.07 Å². The molecule has 12 heteroatoms. The number of carbonyl (C=O) groups excluding carboxylic acids is 2. The van der Waals surface area contributed by atoms with E-state index >= 15 is 0 Å². The summed E-state index contributed by atoms with van der Waals surface area (Å²) in [5, 5.41) is 18.2. The molecule has 33 heavy (non-hydrogen) atoms. The summed E-state index contributed by atoms with van der Waals surface area (Å²) in [6.07, 6.45) is -3.81. The van der Waals surface area contributed by atoms with Gasteiger partial charge in [0.2, 0.25) is 5.91 Å². The van der Waals surface area contributed by atoms with Crippen molar-refractivity contribution in [3.05, 3.63) is 82.3 Å². The van der Waals surface area contributed by atoms with E-state index in [0.717, 1.165) is 6.07 Å². The van der Waals surface area contributed by atoms with Gasteiger partial charge in [-0.1, -0.05) is 12.1 Å². The summed E-state index contributed by atoms with van der Waals surface area (Å²) in [6, 6.07) is 11.5. The molecule has 9 nitrogen and oxygen atoms in total. The highest BCUT2D eigenvalue weighted by atomic mass is 19.4. The van der Waals surface area contributed by atoms with Crippen LogP contribution < -0.4 is 16.0 Å². The van der Waals surface area contributed by atoms with E-state index in [4.69, 9.17) is 4.42 Å². The monoisotopic (exact) mass is 462 g/mol.